The molecule has 3 nitrogen and oxygen atoms in total. The summed E-state index contributed by atoms with van der Waals surface area (Å²) < 4.78 is 0. The molecular weight excluding hydrogens is 354 g/mol. The molecule has 0 unspecified atom stereocenters. The summed E-state index contributed by atoms with van der Waals surface area (Å²) in [5.41, 5.74) is 3.53. The van der Waals surface area contributed by atoms with E-state index in [1.807, 2.05) is 18.6 Å². The number of nitrogens with zero attached hydrogens (tertiary/aromatic N) is 3. The molecule has 0 bridgehead atoms. The molecule has 1 aliphatic carbocycles. The lowest BCUT2D eigenvalue weighted by Crippen LogP contribution is -2.14. The lowest BCUT2D eigenvalue weighted by molar-refractivity contribution is 0.301. The van der Waals surface area contributed by atoms with Gasteiger partial charge in [0, 0.05) is 35.8 Å². The van der Waals surface area contributed by atoms with Crippen LogP contribution in [0.3, 0.4) is 0 Å². The summed E-state index contributed by atoms with van der Waals surface area (Å²) in [4.78, 5) is 14.0. The zero-order valence-corrected chi connectivity index (χ0v) is 18.6. The van der Waals surface area contributed by atoms with Crippen molar-refractivity contribution >= 4 is 0 Å². The third kappa shape index (κ3) is 6.90. The summed E-state index contributed by atoms with van der Waals surface area (Å²) in [5, 5.41) is 0. The predicted molar refractivity (Wildman–Crippen MR) is 122 cm³/mol. The average molecular weight is 394 g/mol. The van der Waals surface area contributed by atoms with Crippen LogP contribution in [0.15, 0.2) is 30.7 Å². The van der Waals surface area contributed by atoms with Gasteiger partial charge in [-0.3, -0.25) is 4.98 Å². The zero-order chi connectivity index (χ0) is 20.3. The van der Waals surface area contributed by atoms with E-state index in [1.54, 1.807) is 0 Å². The van der Waals surface area contributed by atoms with Crippen molar-refractivity contribution in [3.05, 3.63) is 42.0 Å². The van der Waals surface area contributed by atoms with E-state index < -0.39 is 0 Å². The van der Waals surface area contributed by atoms with Gasteiger partial charge in [-0.2, -0.15) is 0 Å². The van der Waals surface area contributed by atoms with E-state index in [0.29, 0.717) is 5.92 Å². The molecule has 1 fully saturated rings. The van der Waals surface area contributed by atoms with Crippen LogP contribution in [0.1, 0.15) is 108 Å². The Balaban J connectivity index is 1.48. The van der Waals surface area contributed by atoms with Gasteiger partial charge < -0.3 is 0 Å². The van der Waals surface area contributed by atoms with Gasteiger partial charge in [-0.05, 0) is 62.1 Å². The molecule has 0 amide bonds. The fraction of sp³-hybridized carbons (Fsp3) is 0.654. The quantitative estimate of drug-likeness (QED) is 0.371. The number of aryl methyl sites for hydroxylation is 1. The number of unbranched alkanes of at least 4 members (excludes halogenated alkanes) is 5. The van der Waals surface area contributed by atoms with E-state index in [-0.39, 0.29) is 0 Å². The molecule has 29 heavy (non-hydrogen) atoms. The first-order valence-electron chi connectivity index (χ1n) is 12.1. The second-order valence-corrected chi connectivity index (χ2v) is 8.91. The molecule has 0 atom stereocenters. The number of aromatic nitrogens is 3. The Morgan fingerprint density at radius 2 is 1.48 bits per heavy atom. The summed E-state index contributed by atoms with van der Waals surface area (Å²) in [6, 6.07) is 4.36. The van der Waals surface area contributed by atoms with Crippen molar-refractivity contribution in [3.63, 3.8) is 0 Å². The Kier molecular flexibility index (Phi) is 9.11. The fourth-order valence-electron chi connectivity index (χ4n) is 4.58. The van der Waals surface area contributed by atoms with Gasteiger partial charge in [0.15, 0.2) is 5.82 Å². The first-order chi connectivity index (χ1) is 14.3. The van der Waals surface area contributed by atoms with Gasteiger partial charge in [-0.1, -0.05) is 58.8 Å². The van der Waals surface area contributed by atoms with Crippen LogP contribution in [0.2, 0.25) is 0 Å². The van der Waals surface area contributed by atoms with E-state index in [4.69, 9.17) is 4.98 Å². The van der Waals surface area contributed by atoms with Gasteiger partial charge in [0.05, 0.1) is 0 Å². The minimum Gasteiger partial charge on any atom is -0.260 e. The number of rotatable bonds is 11. The van der Waals surface area contributed by atoms with Crippen LogP contribution < -0.4 is 0 Å². The second kappa shape index (κ2) is 12.0. The summed E-state index contributed by atoms with van der Waals surface area (Å²) in [5.74, 6) is 2.38. The van der Waals surface area contributed by atoms with Crippen LogP contribution in [-0.2, 0) is 6.42 Å². The number of hydrogen-bond donors (Lipinski definition) is 0. The molecule has 0 N–H and O–H groups in total. The maximum absolute atomic E-state index is 4.79. The molecule has 0 aliphatic heterocycles. The summed E-state index contributed by atoms with van der Waals surface area (Å²) in [6.45, 7) is 4.55. The smallest absolute Gasteiger partial charge is 0.160 e. The number of hydrogen-bond acceptors (Lipinski definition) is 3. The van der Waals surface area contributed by atoms with Crippen LogP contribution in [0, 0.1) is 5.92 Å². The molecular formula is C26H39N3. The van der Waals surface area contributed by atoms with Crippen LogP contribution in [0.4, 0.5) is 0 Å². The molecule has 2 heterocycles. The van der Waals surface area contributed by atoms with Crippen LogP contribution in [0.25, 0.3) is 11.4 Å². The van der Waals surface area contributed by atoms with Gasteiger partial charge in [-0.15, -0.1) is 0 Å². The highest BCUT2D eigenvalue weighted by Crippen LogP contribution is 2.37. The van der Waals surface area contributed by atoms with Gasteiger partial charge in [-0.25, -0.2) is 9.97 Å². The van der Waals surface area contributed by atoms with Crippen LogP contribution >= 0.6 is 0 Å². The molecule has 2 aromatic rings. The predicted octanol–water partition coefficient (Wildman–Crippen LogP) is 7.52. The van der Waals surface area contributed by atoms with Crippen molar-refractivity contribution in [2.24, 2.45) is 5.92 Å². The van der Waals surface area contributed by atoms with Crippen molar-refractivity contribution in [1.82, 2.24) is 15.0 Å². The molecule has 0 spiro atoms. The Bertz CT molecular complexity index is 685. The Morgan fingerprint density at radius 1 is 0.759 bits per heavy atom. The van der Waals surface area contributed by atoms with Crippen molar-refractivity contribution in [2.75, 3.05) is 0 Å². The molecule has 2 aromatic heterocycles. The normalized spacial score (nSPS) is 19.4. The Labute approximate surface area is 177 Å². The van der Waals surface area contributed by atoms with E-state index in [1.165, 1.54) is 88.3 Å². The maximum Gasteiger partial charge on any atom is 0.160 e. The molecule has 3 heteroatoms. The largest absolute Gasteiger partial charge is 0.260 e. The molecule has 1 saturated carbocycles. The molecule has 3 rings (SSSR count). The molecule has 0 radical (unpaired) electrons. The fourth-order valence-corrected chi connectivity index (χ4v) is 4.58. The van der Waals surface area contributed by atoms with E-state index in [9.17, 15) is 0 Å². The van der Waals surface area contributed by atoms with E-state index in [0.717, 1.165) is 23.7 Å². The van der Waals surface area contributed by atoms with Gasteiger partial charge >= 0.3 is 0 Å². The summed E-state index contributed by atoms with van der Waals surface area (Å²) >= 11 is 0. The minimum absolute atomic E-state index is 0.637. The van der Waals surface area contributed by atoms with Gasteiger partial charge in [0.25, 0.3) is 0 Å². The topological polar surface area (TPSA) is 38.7 Å². The third-order valence-corrected chi connectivity index (χ3v) is 6.55. The molecule has 0 aromatic carbocycles. The van der Waals surface area contributed by atoms with Gasteiger partial charge in [0.1, 0.15) is 0 Å². The first kappa shape index (κ1) is 21.9. The van der Waals surface area contributed by atoms with Gasteiger partial charge in [0.2, 0.25) is 0 Å². The monoisotopic (exact) mass is 393 g/mol. The third-order valence-electron chi connectivity index (χ3n) is 6.55. The molecule has 0 saturated heterocycles. The molecule has 158 valence electrons. The standard InChI is InChI=1S/C26H39N3/c1-3-5-7-8-9-11-22-18-28-26(29-19-22)24-16-17-25(27-20-24)23-14-12-21(13-15-23)10-6-4-2/h16-21,23H,3-15H2,1-2H3. The van der Waals surface area contributed by atoms with Crippen molar-refractivity contribution in [1.29, 1.82) is 0 Å². The first-order valence-corrected chi connectivity index (χ1v) is 12.1. The summed E-state index contributed by atoms with van der Waals surface area (Å²) in [7, 11) is 0. The summed E-state index contributed by atoms with van der Waals surface area (Å²) in [6.07, 6.45) is 23.0. The van der Waals surface area contributed by atoms with Crippen molar-refractivity contribution < 1.29 is 0 Å². The highest BCUT2D eigenvalue weighted by Gasteiger charge is 2.22. The lowest BCUT2D eigenvalue weighted by Gasteiger charge is -2.28. The van der Waals surface area contributed by atoms with Crippen LogP contribution in [-0.4, -0.2) is 15.0 Å². The average Bonchev–Trinajstić information content (AvgIpc) is 2.78. The number of pyridine rings is 1. The Morgan fingerprint density at radius 3 is 2.14 bits per heavy atom. The van der Waals surface area contributed by atoms with E-state index >= 15 is 0 Å². The second-order valence-electron chi connectivity index (χ2n) is 8.91. The highest BCUT2D eigenvalue weighted by molar-refractivity contribution is 5.53. The van der Waals surface area contributed by atoms with E-state index in [2.05, 4.69) is 35.9 Å². The maximum atomic E-state index is 4.79. The highest BCUT2D eigenvalue weighted by atomic mass is 14.9. The minimum atomic E-state index is 0.637. The van der Waals surface area contributed by atoms with Crippen molar-refractivity contribution in [3.8, 4) is 11.4 Å². The van der Waals surface area contributed by atoms with Crippen molar-refractivity contribution in [2.45, 2.75) is 103 Å². The van der Waals surface area contributed by atoms with Crippen LogP contribution in [0.5, 0.6) is 0 Å². The SMILES string of the molecule is CCCCCCCc1cnc(-c2ccc(C3CCC(CCCC)CC3)nc2)nc1. The Hall–Kier alpha value is -1.77. The zero-order valence-electron chi connectivity index (χ0n) is 18.6. The molecule has 1 aliphatic rings. The lowest BCUT2D eigenvalue weighted by atomic mass is 9.78.